The van der Waals surface area contributed by atoms with Crippen molar-refractivity contribution in [1.82, 2.24) is 40.4 Å². The van der Waals surface area contributed by atoms with Crippen molar-refractivity contribution in [3.8, 4) is 11.1 Å². The summed E-state index contributed by atoms with van der Waals surface area (Å²) >= 11 is 0. The van der Waals surface area contributed by atoms with Gasteiger partial charge in [-0.05, 0) is 66.1 Å². The van der Waals surface area contributed by atoms with Crippen LogP contribution >= 0.6 is 0 Å². The van der Waals surface area contributed by atoms with Crippen molar-refractivity contribution >= 4 is 54.1 Å². The molecule has 2 aromatic heterocycles. The number of nitrogens with one attached hydrogen (secondary N) is 4. The first kappa shape index (κ1) is 36.9. The molecule has 0 saturated carbocycles. The molecule has 278 valence electrons. The summed E-state index contributed by atoms with van der Waals surface area (Å²) in [6.07, 6.45) is 1.02. The quantitative estimate of drug-likeness (QED) is 0.160. The van der Waals surface area contributed by atoms with Gasteiger partial charge in [0, 0.05) is 12.7 Å². The minimum atomic E-state index is -1.77. The van der Waals surface area contributed by atoms with Crippen LogP contribution in [0.1, 0.15) is 64.3 Å². The highest BCUT2D eigenvalue weighted by Crippen LogP contribution is 2.39. The lowest BCUT2D eigenvalue weighted by Crippen LogP contribution is -2.52. The highest BCUT2D eigenvalue weighted by Gasteiger charge is 2.46. The number of ether oxygens (including phenoxy) is 2. The molecule has 2 saturated heterocycles. The fourth-order valence-electron chi connectivity index (χ4n) is 7.55. The van der Waals surface area contributed by atoms with Crippen LogP contribution in [0.25, 0.3) is 33.2 Å². The van der Waals surface area contributed by atoms with Gasteiger partial charge in [-0.3, -0.25) is 9.59 Å². The maximum Gasteiger partial charge on any atom is 0.407 e. The predicted molar refractivity (Wildman–Crippen MR) is 200 cm³/mol. The fraction of sp³-hybridized carbons (Fsp3) is 0.514. The number of alkyl carbamates (subject to hydrolysis) is 2. The summed E-state index contributed by atoms with van der Waals surface area (Å²) < 4.78 is 9.57. The Labute approximate surface area is 304 Å². The van der Waals surface area contributed by atoms with Gasteiger partial charge in [-0.2, -0.15) is 0 Å². The normalized spacial score (nSPS) is 19.7. The Kier molecular flexibility index (Phi) is 10.3. The van der Waals surface area contributed by atoms with Crippen LogP contribution in [0.4, 0.5) is 9.59 Å². The lowest BCUT2D eigenvalue weighted by atomic mass is 10.0. The van der Waals surface area contributed by atoms with E-state index in [-0.39, 0.29) is 35.7 Å². The standard InChI is InChI=1S/C37H50N8O6Si/c1-20(2)30(42-36(48)50-5)34(46)44-15-9-10-28(44)32-38-24-13-11-22(16-26(24)40-32)23-12-14-25-27(17-23)41-33(39-25)29-18-52(7,8)19-45(29)35(47)31(21(3)4)43-37(49)51-6/h11-14,16-17,20-21,28-31H,9-10,15,18-19H2,1-8H3,(H,38,40)(H,39,41)(H,42,48)(H,43,49)/t28-,29-,30-,31-/m0/s1. The smallest absolute Gasteiger partial charge is 0.407 e. The molecule has 0 radical (unpaired) electrons. The van der Waals surface area contributed by atoms with E-state index in [9.17, 15) is 19.2 Å². The molecule has 14 nitrogen and oxygen atoms in total. The summed E-state index contributed by atoms with van der Waals surface area (Å²) in [6.45, 7) is 12.8. The van der Waals surface area contributed by atoms with E-state index in [4.69, 9.17) is 19.4 Å². The van der Waals surface area contributed by atoms with Crippen molar-refractivity contribution in [2.24, 2.45) is 11.8 Å². The van der Waals surface area contributed by atoms with Crippen LogP contribution in [0.2, 0.25) is 19.1 Å². The van der Waals surface area contributed by atoms with Gasteiger partial charge in [0.2, 0.25) is 11.8 Å². The number of H-pyrrole nitrogens is 2. The molecule has 4 amide bonds. The van der Waals surface area contributed by atoms with Crippen LogP contribution in [-0.2, 0) is 19.1 Å². The number of carbonyl (C=O) groups is 4. The number of carbonyl (C=O) groups excluding carboxylic acids is 4. The van der Waals surface area contributed by atoms with E-state index in [1.807, 2.05) is 61.8 Å². The zero-order chi connectivity index (χ0) is 37.5. The molecule has 4 aromatic rings. The SMILES string of the molecule is COC(=O)N[C@H](C(=O)N1CCC[C@H]1c1nc2ccc(-c3ccc4nc([C@@H]5C[Si](C)(C)CN5C(=O)[C@@H](NC(=O)OC)C(C)C)[nH]c4c3)cc2[nH]1)C(C)C. The maximum atomic E-state index is 13.9. The Morgan fingerprint density at radius 2 is 1.25 bits per heavy atom. The highest BCUT2D eigenvalue weighted by molar-refractivity contribution is 6.78. The zero-order valence-electron chi connectivity index (χ0n) is 31.2. The third kappa shape index (κ3) is 7.36. The summed E-state index contributed by atoms with van der Waals surface area (Å²) in [4.78, 5) is 72.2. The van der Waals surface area contributed by atoms with Crippen molar-refractivity contribution in [1.29, 1.82) is 0 Å². The van der Waals surface area contributed by atoms with E-state index in [0.29, 0.717) is 12.7 Å². The molecule has 0 bridgehead atoms. The molecule has 6 rings (SSSR count). The Hall–Kier alpha value is -4.92. The van der Waals surface area contributed by atoms with Crippen molar-refractivity contribution in [2.45, 2.75) is 83.8 Å². The van der Waals surface area contributed by atoms with Crippen molar-refractivity contribution in [2.75, 3.05) is 26.9 Å². The van der Waals surface area contributed by atoms with Crippen LogP contribution < -0.4 is 10.6 Å². The van der Waals surface area contributed by atoms with Gasteiger partial charge in [-0.15, -0.1) is 0 Å². The van der Waals surface area contributed by atoms with Gasteiger partial charge >= 0.3 is 12.2 Å². The Balaban J connectivity index is 1.24. The van der Waals surface area contributed by atoms with E-state index in [1.54, 1.807) is 0 Å². The largest absolute Gasteiger partial charge is 0.453 e. The number of methoxy groups -OCH3 is 2. The van der Waals surface area contributed by atoms with Crippen molar-refractivity contribution in [3.05, 3.63) is 48.0 Å². The number of aromatic nitrogens is 4. The van der Waals surface area contributed by atoms with E-state index in [1.165, 1.54) is 14.2 Å². The Morgan fingerprint density at radius 3 is 1.73 bits per heavy atom. The third-order valence-corrected chi connectivity index (χ3v) is 13.0. The maximum absolute atomic E-state index is 13.9. The summed E-state index contributed by atoms with van der Waals surface area (Å²) in [7, 11) is 0.815. The average molecular weight is 731 g/mol. The van der Waals surface area contributed by atoms with Crippen LogP contribution in [0.5, 0.6) is 0 Å². The molecular weight excluding hydrogens is 681 g/mol. The lowest BCUT2D eigenvalue weighted by Gasteiger charge is -2.30. The summed E-state index contributed by atoms with van der Waals surface area (Å²) in [5.41, 5.74) is 5.31. The number of rotatable bonds is 9. The number of aromatic amines is 2. The Bertz CT molecular complexity index is 1990. The first-order chi connectivity index (χ1) is 24.7. The van der Waals surface area contributed by atoms with Gasteiger partial charge in [-0.25, -0.2) is 19.6 Å². The summed E-state index contributed by atoms with van der Waals surface area (Å²) in [6, 6.07) is 11.2. The van der Waals surface area contributed by atoms with E-state index in [0.717, 1.165) is 63.7 Å². The first-order valence-corrected chi connectivity index (χ1v) is 21.4. The number of hydrogen-bond acceptors (Lipinski definition) is 8. The third-order valence-electron chi connectivity index (χ3n) is 10.3. The van der Waals surface area contributed by atoms with E-state index < -0.39 is 32.3 Å². The highest BCUT2D eigenvalue weighted by atomic mass is 28.3. The second kappa shape index (κ2) is 14.6. The predicted octanol–water partition coefficient (Wildman–Crippen LogP) is 5.66. The lowest BCUT2D eigenvalue weighted by molar-refractivity contribution is -0.136. The monoisotopic (exact) mass is 730 g/mol. The number of hydrogen-bond donors (Lipinski definition) is 4. The van der Waals surface area contributed by atoms with Crippen molar-refractivity contribution in [3.63, 3.8) is 0 Å². The molecular formula is C37H50N8O6Si. The molecule has 2 fully saturated rings. The van der Waals surface area contributed by atoms with Gasteiger partial charge in [0.25, 0.3) is 0 Å². The van der Waals surface area contributed by atoms with Crippen LogP contribution in [0.3, 0.4) is 0 Å². The molecule has 4 N–H and O–H groups in total. The zero-order valence-corrected chi connectivity index (χ0v) is 32.2. The minimum absolute atomic E-state index is 0.116. The molecule has 4 heterocycles. The molecule has 4 atom stereocenters. The first-order valence-electron chi connectivity index (χ1n) is 18.0. The van der Waals surface area contributed by atoms with Gasteiger partial charge in [0.1, 0.15) is 23.7 Å². The molecule has 2 aliphatic heterocycles. The topological polar surface area (TPSA) is 175 Å². The minimum Gasteiger partial charge on any atom is -0.453 e. The molecule has 52 heavy (non-hydrogen) atoms. The molecule has 15 heteroatoms. The number of benzene rings is 2. The number of fused-ring (bicyclic) bond motifs is 2. The summed E-state index contributed by atoms with van der Waals surface area (Å²) in [5.74, 6) is 0.951. The molecule has 2 aromatic carbocycles. The van der Waals surface area contributed by atoms with Crippen molar-refractivity contribution < 1.29 is 28.7 Å². The van der Waals surface area contributed by atoms with Gasteiger partial charge in [0.15, 0.2) is 0 Å². The molecule has 0 spiro atoms. The van der Waals surface area contributed by atoms with Gasteiger partial charge in [0.05, 0.1) is 56.4 Å². The molecule has 0 unspecified atom stereocenters. The van der Waals surface area contributed by atoms with Crippen LogP contribution in [0.15, 0.2) is 36.4 Å². The molecule has 2 aliphatic rings. The second-order valence-electron chi connectivity index (χ2n) is 15.5. The number of likely N-dealkylation sites (tertiary alicyclic amines) is 1. The average Bonchev–Trinajstić information content (AvgIpc) is 3.91. The van der Waals surface area contributed by atoms with Gasteiger partial charge < -0.3 is 39.9 Å². The van der Waals surface area contributed by atoms with Gasteiger partial charge in [-0.1, -0.05) is 52.9 Å². The number of nitrogens with zero attached hydrogens (tertiary/aromatic N) is 4. The summed E-state index contributed by atoms with van der Waals surface area (Å²) in [5, 5.41) is 5.44. The number of amides is 4. The van der Waals surface area contributed by atoms with E-state index >= 15 is 0 Å². The number of imidazole rings is 2. The van der Waals surface area contributed by atoms with Crippen LogP contribution in [0, 0.1) is 11.8 Å². The van der Waals surface area contributed by atoms with Crippen LogP contribution in [-0.4, -0.2) is 101 Å². The Morgan fingerprint density at radius 1 is 0.769 bits per heavy atom. The van der Waals surface area contributed by atoms with E-state index in [2.05, 4.69) is 45.8 Å². The fourth-order valence-corrected chi connectivity index (χ4v) is 10.4. The second-order valence-corrected chi connectivity index (χ2v) is 20.5. The molecule has 0 aliphatic carbocycles.